The number of amides is 1. The summed E-state index contributed by atoms with van der Waals surface area (Å²) in [5, 5.41) is 19.0. The molecule has 0 unspecified atom stereocenters. The summed E-state index contributed by atoms with van der Waals surface area (Å²) in [5.41, 5.74) is 3.50. The highest BCUT2D eigenvalue weighted by Gasteiger charge is 2.17. The Kier molecular flexibility index (Phi) is 6.23. The molecule has 3 aromatic heterocycles. The van der Waals surface area contributed by atoms with Crippen molar-refractivity contribution in [3.63, 3.8) is 0 Å². The Balaban J connectivity index is 1.62. The third-order valence-electron chi connectivity index (χ3n) is 4.17. The van der Waals surface area contributed by atoms with Gasteiger partial charge < -0.3 is 5.32 Å². The molecule has 0 spiro atoms. The van der Waals surface area contributed by atoms with Crippen molar-refractivity contribution in [1.82, 2.24) is 4.98 Å². The van der Waals surface area contributed by atoms with E-state index in [1.807, 2.05) is 40.4 Å². The molecule has 4 aromatic rings. The van der Waals surface area contributed by atoms with Crippen LogP contribution in [0, 0.1) is 17.1 Å². The SMILES string of the molecule is N#Cc1c(-c2ccsc2)cc(-c2cccs2)nc1SCC(=O)Nc1ccc(F)cc1. The van der Waals surface area contributed by atoms with Crippen LogP contribution in [0.5, 0.6) is 0 Å². The van der Waals surface area contributed by atoms with E-state index in [1.165, 1.54) is 36.0 Å². The highest BCUT2D eigenvalue weighted by Crippen LogP contribution is 2.36. The van der Waals surface area contributed by atoms with E-state index in [-0.39, 0.29) is 17.5 Å². The van der Waals surface area contributed by atoms with E-state index < -0.39 is 0 Å². The Morgan fingerprint density at radius 3 is 2.70 bits per heavy atom. The smallest absolute Gasteiger partial charge is 0.234 e. The second-order valence-corrected chi connectivity index (χ2v) is 8.87. The first-order valence-electron chi connectivity index (χ1n) is 8.84. The second kappa shape index (κ2) is 9.22. The molecule has 0 saturated heterocycles. The zero-order chi connectivity index (χ0) is 20.9. The number of rotatable bonds is 6. The average molecular weight is 452 g/mol. The van der Waals surface area contributed by atoms with Crippen LogP contribution >= 0.6 is 34.4 Å². The first-order valence-corrected chi connectivity index (χ1v) is 11.6. The number of halogens is 1. The minimum absolute atomic E-state index is 0.0794. The van der Waals surface area contributed by atoms with Gasteiger partial charge in [0, 0.05) is 11.3 Å². The maximum absolute atomic E-state index is 13.0. The molecule has 0 atom stereocenters. The molecule has 1 N–H and O–H groups in total. The molecule has 0 aliphatic carbocycles. The fourth-order valence-corrected chi connectivity index (χ4v) is 4.94. The van der Waals surface area contributed by atoms with E-state index in [9.17, 15) is 14.4 Å². The first-order chi connectivity index (χ1) is 14.6. The fourth-order valence-electron chi connectivity index (χ4n) is 2.79. The summed E-state index contributed by atoms with van der Waals surface area (Å²) in [5.74, 6) is -0.539. The molecule has 1 amide bonds. The number of benzene rings is 1. The predicted molar refractivity (Wildman–Crippen MR) is 121 cm³/mol. The summed E-state index contributed by atoms with van der Waals surface area (Å²) < 4.78 is 13.0. The van der Waals surface area contributed by atoms with Crippen molar-refractivity contribution in [1.29, 1.82) is 5.26 Å². The highest BCUT2D eigenvalue weighted by molar-refractivity contribution is 8.00. The van der Waals surface area contributed by atoms with Gasteiger partial charge in [0.05, 0.1) is 21.9 Å². The Morgan fingerprint density at radius 2 is 2.03 bits per heavy atom. The topological polar surface area (TPSA) is 65.8 Å². The highest BCUT2D eigenvalue weighted by atomic mass is 32.2. The molecule has 0 bridgehead atoms. The van der Waals surface area contributed by atoms with E-state index in [1.54, 1.807) is 22.7 Å². The van der Waals surface area contributed by atoms with Gasteiger partial charge in [-0.15, -0.1) is 11.3 Å². The summed E-state index contributed by atoms with van der Waals surface area (Å²) in [6.45, 7) is 0. The molecule has 4 nitrogen and oxygen atoms in total. The van der Waals surface area contributed by atoms with Gasteiger partial charge in [0.1, 0.15) is 16.9 Å². The average Bonchev–Trinajstić information content (AvgIpc) is 3.47. The van der Waals surface area contributed by atoms with Crippen LogP contribution in [-0.2, 0) is 4.79 Å². The van der Waals surface area contributed by atoms with Crippen molar-refractivity contribution < 1.29 is 9.18 Å². The number of hydrogen-bond acceptors (Lipinski definition) is 6. The zero-order valence-electron chi connectivity index (χ0n) is 15.5. The maximum Gasteiger partial charge on any atom is 0.234 e. The van der Waals surface area contributed by atoms with Gasteiger partial charge in [0.2, 0.25) is 5.91 Å². The molecule has 0 aliphatic heterocycles. The van der Waals surface area contributed by atoms with Crippen molar-refractivity contribution in [3.8, 4) is 27.8 Å². The molecule has 4 rings (SSSR count). The lowest BCUT2D eigenvalue weighted by Crippen LogP contribution is -2.14. The van der Waals surface area contributed by atoms with Gasteiger partial charge in [0.25, 0.3) is 0 Å². The van der Waals surface area contributed by atoms with Crippen LogP contribution in [0.1, 0.15) is 5.56 Å². The third-order valence-corrected chi connectivity index (χ3v) is 6.72. The third kappa shape index (κ3) is 4.60. The van der Waals surface area contributed by atoms with Crippen molar-refractivity contribution in [2.24, 2.45) is 0 Å². The maximum atomic E-state index is 13.0. The molecule has 0 fully saturated rings. The molecule has 148 valence electrons. The van der Waals surface area contributed by atoms with Crippen molar-refractivity contribution in [3.05, 3.63) is 76.1 Å². The minimum atomic E-state index is -0.364. The molecular weight excluding hydrogens is 437 g/mol. The van der Waals surface area contributed by atoms with Gasteiger partial charge in [-0.2, -0.15) is 16.6 Å². The number of hydrogen-bond donors (Lipinski definition) is 1. The Hall–Kier alpha value is -2.99. The number of thioether (sulfide) groups is 1. The van der Waals surface area contributed by atoms with E-state index in [0.717, 1.165) is 21.7 Å². The standard InChI is InChI=1S/C22H14FN3OS3/c23-15-3-5-16(6-4-15)25-21(27)13-30-22-18(11-24)17(14-7-9-28-12-14)10-19(26-22)20-2-1-8-29-20/h1-10,12H,13H2,(H,25,27). The van der Waals surface area contributed by atoms with Gasteiger partial charge in [0.15, 0.2) is 0 Å². The van der Waals surface area contributed by atoms with E-state index in [4.69, 9.17) is 0 Å². The van der Waals surface area contributed by atoms with Gasteiger partial charge in [-0.1, -0.05) is 17.8 Å². The van der Waals surface area contributed by atoms with Crippen LogP contribution in [0.3, 0.4) is 0 Å². The lowest BCUT2D eigenvalue weighted by atomic mass is 10.0. The zero-order valence-corrected chi connectivity index (χ0v) is 17.9. The number of nitrogens with one attached hydrogen (secondary N) is 1. The Morgan fingerprint density at radius 1 is 1.20 bits per heavy atom. The van der Waals surface area contributed by atoms with Crippen molar-refractivity contribution in [2.75, 3.05) is 11.1 Å². The van der Waals surface area contributed by atoms with Crippen molar-refractivity contribution >= 4 is 46.0 Å². The van der Waals surface area contributed by atoms with Crippen molar-refractivity contribution in [2.45, 2.75) is 5.03 Å². The number of nitriles is 1. The van der Waals surface area contributed by atoms with Crippen LogP contribution in [0.25, 0.3) is 21.7 Å². The van der Waals surface area contributed by atoms with Gasteiger partial charge in [-0.3, -0.25) is 4.79 Å². The van der Waals surface area contributed by atoms with Crippen LogP contribution in [-0.4, -0.2) is 16.6 Å². The number of anilines is 1. The molecule has 1 aromatic carbocycles. The second-order valence-electron chi connectivity index (χ2n) is 6.18. The summed E-state index contributed by atoms with van der Waals surface area (Å²) in [4.78, 5) is 18.0. The predicted octanol–water partition coefficient (Wildman–Crippen LogP) is 6.28. The number of aromatic nitrogens is 1. The van der Waals surface area contributed by atoms with Crippen LogP contribution < -0.4 is 5.32 Å². The number of carbonyl (C=O) groups excluding carboxylic acids is 1. The molecule has 3 heterocycles. The molecule has 8 heteroatoms. The number of pyridine rings is 1. The van der Waals surface area contributed by atoms with Gasteiger partial charge in [-0.25, -0.2) is 9.37 Å². The van der Waals surface area contributed by atoms with Crippen LogP contribution in [0.15, 0.2) is 69.7 Å². The summed E-state index contributed by atoms with van der Waals surface area (Å²) in [6, 6.07) is 15.7. The fraction of sp³-hybridized carbons (Fsp3) is 0.0455. The van der Waals surface area contributed by atoms with Crippen LogP contribution in [0.2, 0.25) is 0 Å². The number of nitrogens with zero attached hydrogens (tertiary/aromatic N) is 2. The van der Waals surface area contributed by atoms with Gasteiger partial charge >= 0.3 is 0 Å². The van der Waals surface area contributed by atoms with Crippen LogP contribution in [0.4, 0.5) is 10.1 Å². The first kappa shape index (κ1) is 20.3. The van der Waals surface area contributed by atoms with E-state index in [0.29, 0.717) is 16.3 Å². The minimum Gasteiger partial charge on any atom is -0.325 e. The molecular formula is C22H14FN3OS3. The summed E-state index contributed by atoms with van der Waals surface area (Å²) in [6.07, 6.45) is 0. The molecule has 30 heavy (non-hydrogen) atoms. The lowest BCUT2D eigenvalue weighted by Gasteiger charge is -2.11. The number of carbonyl (C=O) groups is 1. The Labute approximate surface area is 185 Å². The number of thiophene rings is 2. The van der Waals surface area contributed by atoms with E-state index in [2.05, 4.69) is 16.4 Å². The quantitative estimate of drug-likeness (QED) is 0.350. The summed E-state index contributed by atoms with van der Waals surface area (Å²) in [7, 11) is 0. The van der Waals surface area contributed by atoms with Gasteiger partial charge in [-0.05, 0) is 64.2 Å². The largest absolute Gasteiger partial charge is 0.325 e. The normalized spacial score (nSPS) is 10.5. The molecule has 0 aliphatic rings. The molecule has 0 radical (unpaired) electrons. The lowest BCUT2D eigenvalue weighted by molar-refractivity contribution is -0.113. The monoisotopic (exact) mass is 451 g/mol. The summed E-state index contributed by atoms with van der Waals surface area (Å²) >= 11 is 4.34. The Bertz CT molecular complexity index is 1200. The van der Waals surface area contributed by atoms with E-state index >= 15 is 0 Å². The molecule has 0 saturated carbocycles.